The second-order valence-corrected chi connectivity index (χ2v) is 5.19. The molecule has 1 amide bonds. The number of hydrogen-bond donors (Lipinski definition) is 1. The van der Waals surface area contributed by atoms with E-state index >= 15 is 0 Å². The van der Waals surface area contributed by atoms with E-state index in [-0.39, 0.29) is 23.6 Å². The highest BCUT2D eigenvalue weighted by Crippen LogP contribution is 2.20. The molecule has 0 saturated carbocycles. The zero-order valence-electron chi connectivity index (χ0n) is 12.6. The number of halogens is 1. The summed E-state index contributed by atoms with van der Waals surface area (Å²) in [7, 11) is 0. The second-order valence-electron chi connectivity index (χ2n) is 5.19. The first-order valence-corrected chi connectivity index (χ1v) is 7.01. The van der Waals surface area contributed by atoms with Gasteiger partial charge in [-0.1, -0.05) is 22.8 Å². The van der Waals surface area contributed by atoms with E-state index in [1.165, 1.54) is 24.3 Å². The third kappa shape index (κ3) is 3.26. The number of rotatable bonds is 3. The summed E-state index contributed by atoms with van der Waals surface area (Å²) in [6.07, 6.45) is 0. The van der Waals surface area contributed by atoms with E-state index in [9.17, 15) is 9.18 Å². The molecule has 23 heavy (non-hydrogen) atoms. The quantitative estimate of drug-likeness (QED) is 0.800. The number of nitrogens with zero attached hydrogens (tertiary/aromatic N) is 2. The molecule has 0 bridgehead atoms. The Kier molecular flexibility index (Phi) is 3.89. The lowest BCUT2D eigenvalue weighted by atomic mass is 10.1. The van der Waals surface area contributed by atoms with Crippen molar-refractivity contribution in [3.63, 3.8) is 0 Å². The van der Waals surface area contributed by atoms with Gasteiger partial charge in [0, 0.05) is 11.1 Å². The summed E-state index contributed by atoms with van der Waals surface area (Å²) in [4.78, 5) is 12.2. The van der Waals surface area contributed by atoms with Crippen molar-refractivity contribution >= 4 is 11.9 Å². The lowest BCUT2D eigenvalue weighted by Crippen LogP contribution is -2.13. The van der Waals surface area contributed by atoms with Gasteiger partial charge in [0.2, 0.25) is 5.89 Å². The monoisotopic (exact) mass is 311 g/mol. The number of aryl methyl sites for hydroxylation is 2. The predicted molar refractivity (Wildman–Crippen MR) is 83.6 cm³/mol. The van der Waals surface area contributed by atoms with Gasteiger partial charge in [-0.2, -0.15) is 0 Å². The van der Waals surface area contributed by atoms with E-state index in [1.807, 2.05) is 26.0 Å². The van der Waals surface area contributed by atoms with Crippen molar-refractivity contribution in [2.24, 2.45) is 0 Å². The van der Waals surface area contributed by atoms with Crippen molar-refractivity contribution in [2.45, 2.75) is 13.8 Å². The van der Waals surface area contributed by atoms with Crippen LogP contribution in [0.2, 0.25) is 0 Å². The fourth-order valence-electron chi connectivity index (χ4n) is 2.22. The Hall–Kier alpha value is -3.02. The SMILES string of the molecule is Cc1ccc(C(=O)Nc2nnc(-c3ccc(F)cc3)o2)c(C)c1. The molecule has 116 valence electrons. The number of aromatic nitrogens is 2. The number of amides is 1. The minimum atomic E-state index is -0.350. The van der Waals surface area contributed by atoms with Crippen LogP contribution in [0.1, 0.15) is 21.5 Å². The van der Waals surface area contributed by atoms with Crippen LogP contribution in [0.25, 0.3) is 11.5 Å². The maximum Gasteiger partial charge on any atom is 0.322 e. The number of hydrogen-bond acceptors (Lipinski definition) is 4. The zero-order chi connectivity index (χ0) is 16.4. The first-order chi connectivity index (χ1) is 11.0. The number of nitrogens with one attached hydrogen (secondary N) is 1. The van der Waals surface area contributed by atoms with Crippen LogP contribution in [0.3, 0.4) is 0 Å². The fraction of sp³-hybridized carbons (Fsp3) is 0.118. The normalized spacial score (nSPS) is 10.6. The van der Waals surface area contributed by atoms with Crippen molar-refractivity contribution in [2.75, 3.05) is 5.32 Å². The van der Waals surface area contributed by atoms with Gasteiger partial charge in [-0.15, -0.1) is 5.10 Å². The Morgan fingerprint density at radius 2 is 1.83 bits per heavy atom. The summed E-state index contributed by atoms with van der Waals surface area (Å²) in [6.45, 7) is 3.82. The molecule has 3 rings (SSSR count). The van der Waals surface area contributed by atoms with Gasteiger partial charge in [-0.05, 0) is 49.7 Å². The van der Waals surface area contributed by atoms with E-state index in [1.54, 1.807) is 6.07 Å². The molecule has 0 atom stereocenters. The lowest BCUT2D eigenvalue weighted by Gasteiger charge is -2.05. The Morgan fingerprint density at radius 1 is 1.09 bits per heavy atom. The van der Waals surface area contributed by atoms with Gasteiger partial charge in [0.1, 0.15) is 5.82 Å². The maximum atomic E-state index is 12.9. The molecule has 1 N–H and O–H groups in total. The number of carbonyl (C=O) groups is 1. The minimum Gasteiger partial charge on any atom is -0.403 e. The van der Waals surface area contributed by atoms with Crippen LogP contribution in [0.15, 0.2) is 46.9 Å². The van der Waals surface area contributed by atoms with Crippen molar-refractivity contribution in [3.8, 4) is 11.5 Å². The zero-order valence-corrected chi connectivity index (χ0v) is 12.6. The van der Waals surface area contributed by atoms with Gasteiger partial charge < -0.3 is 4.42 Å². The molecule has 1 aromatic heterocycles. The van der Waals surface area contributed by atoms with Crippen LogP contribution in [-0.4, -0.2) is 16.1 Å². The Balaban J connectivity index is 1.78. The lowest BCUT2D eigenvalue weighted by molar-refractivity contribution is 0.102. The number of benzene rings is 2. The molecule has 0 aliphatic heterocycles. The largest absolute Gasteiger partial charge is 0.403 e. The van der Waals surface area contributed by atoms with E-state index in [0.29, 0.717) is 11.1 Å². The van der Waals surface area contributed by atoms with Crippen molar-refractivity contribution < 1.29 is 13.6 Å². The third-order valence-electron chi connectivity index (χ3n) is 3.36. The molecule has 0 radical (unpaired) electrons. The van der Waals surface area contributed by atoms with Gasteiger partial charge in [0.15, 0.2) is 0 Å². The van der Waals surface area contributed by atoms with Crippen LogP contribution in [-0.2, 0) is 0 Å². The molecule has 2 aromatic carbocycles. The first kappa shape index (κ1) is 14.9. The molecule has 1 heterocycles. The van der Waals surface area contributed by atoms with Crippen molar-refractivity contribution in [1.82, 2.24) is 10.2 Å². The predicted octanol–water partition coefficient (Wildman–Crippen LogP) is 3.74. The first-order valence-electron chi connectivity index (χ1n) is 7.01. The molecule has 3 aromatic rings. The molecule has 0 fully saturated rings. The molecule has 6 heteroatoms. The molecule has 5 nitrogen and oxygen atoms in total. The Bertz CT molecular complexity index is 857. The highest BCUT2D eigenvalue weighted by atomic mass is 19.1. The third-order valence-corrected chi connectivity index (χ3v) is 3.36. The topological polar surface area (TPSA) is 68.0 Å². The fourth-order valence-corrected chi connectivity index (χ4v) is 2.22. The standard InChI is InChI=1S/C17H14FN3O2/c1-10-3-8-14(11(2)9-10)15(22)19-17-21-20-16(23-17)12-4-6-13(18)7-5-12/h3-9H,1-2H3,(H,19,21,22). The number of anilines is 1. The van der Waals surface area contributed by atoms with E-state index < -0.39 is 0 Å². The maximum absolute atomic E-state index is 12.9. The summed E-state index contributed by atoms with van der Waals surface area (Å²) >= 11 is 0. The van der Waals surface area contributed by atoms with Gasteiger partial charge in [0.05, 0.1) is 0 Å². The molecule has 0 spiro atoms. The van der Waals surface area contributed by atoms with Crippen LogP contribution in [0, 0.1) is 19.7 Å². The van der Waals surface area contributed by atoms with Gasteiger partial charge in [-0.3, -0.25) is 10.1 Å². The van der Waals surface area contributed by atoms with E-state index in [2.05, 4.69) is 15.5 Å². The van der Waals surface area contributed by atoms with Crippen molar-refractivity contribution in [1.29, 1.82) is 0 Å². The van der Waals surface area contributed by atoms with E-state index in [4.69, 9.17) is 4.42 Å². The molecule has 0 aliphatic rings. The highest BCUT2D eigenvalue weighted by molar-refractivity contribution is 6.04. The summed E-state index contributed by atoms with van der Waals surface area (Å²) in [5.74, 6) is -0.464. The highest BCUT2D eigenvalue weighted by Gasteiger charge is 2.14. The van der Waals surface area contributed by atoms with Crippen molar-refractivity contribution in [3.05, 3.63) is 65.0 Å². The Morgan fingerprint density at radius 3 is 2.52 bits per heavy atom. The average molecular weight is 311 g/mol. The molecule has 0 unspecified atom stereocenters. The molecular formula is C17H14FN3O2. The number of carbonyl (C=O) groups excluding carboxylic acids is 1. The molecule has 0 aliphatic carbocycles. The second kappa shape index (κ2) is 6.00. The Labute approximate surface area is 132 Å². The minimum absolute atomic E-state index is 0.00528. The van der Waals surface area contributed by atoms with Gasteiger partial charge in [0.25, 0.3) is 5.91 Å². The average Bonchev–Trinajstić information content (AvgIpc) is 2.96. The van der Waals surface area contributed by atoms with Gasteiger partial charge >= 0.3 is 6.01 Å². The summed E-state index contributed by atoms with van der Waals surface area (Å²) in [6, 6.07) is 11.2. The van der Waals surface area contributed by atoms with Crippen LogP contribution < -0.4 is 5.32 Å². The van der Waals surface area contributed by atoms with E-state index in [0.717, 1.165) is 11.1 Å². The summed E-state index contributed by atoms with van der Waals surface area (Å²) in [5, 5.41) is 10.2. The van der Waals surface area contributed by atoms with Crippen LogP contribution >= 0.6 is 0 Å². The van der Waals surface area contributed by atoms with Crippen LogP contribution in [0.5, 0.6) is 0 Å². The summed E-state index contributed by atoms with van der Waals surface area (Å²) < 4.78 is 18.3. The summed E-state index contributed by atoms with van der Waals surface area (Å²) in [5.41, 5.74) is 3.05. The molecule has 0 saturated heterocycles. The smallest absolute Gasteiger partial charge is 0.322 e. The van der Waals surface area contributed by atoms with Crippen LogP contribution in [0.4, 0.5) is 10.4 Å². The molecular weight excluding hydrogens is 297 g/mol. The van der Waals surface area contributed by atoms with Gasteiger partial charge in [-0.25, -0.2) is 4.39 Å².